The van der Waals surface area contributed by atoms with Crippen LogP contribution in [0.25, 0.3) is 0 Å². The molecular weight excluding hydrogens is 136 g/mol. The fourth-order valence-electron chi connectivity index (χ4n) is 1.48. The van der Waals surface area contributed by atoms with E-state index in [9.17, 15) is 0 Å². The first-order valence-corrected chi connectivity index (χ1v) is 4.35. The first kappa shape index (κ1) is 8.75. The highest BCUT2D eigenvalue weighted by molar-refractivity contribution is 5.04. The molecule has 0 aromatic heterocycles. The average Bonchev–Trinajstić information content (AvgIpc) is 1.81. The summed E-state index contributed by atoms with van der Waals surface area (Å²) >= 11 is 0. The highest BCUT2D eigenvalue weighted by Gasteiger charge is 2.24. The maximum absolute atomic E-state index is 5.44. The third kappa shape index (κ3) is 2.31. The van der Waals surface area contributed by atoms with Gasteiger partial charge in [0.2, 0.25) is 0 Å². The lowest BCUT2D eigenvalue weighted by molar-refractivity contribution is 0.260. The molecule has 0 saturated heterocycles. The Morgan fingerprint density at radius 1 is 1.55 bits per heavy atom. The molecule has 3 N–H and O–H groups in total. The van der Waals surface area contributed by atoms with Gasteiger partial charge in [-0.2, -0.15) is 0 Å². The molecule has 64 valence electrons. The fraction of sp³-hybridized carbons (Fsp3) is 0.778. The Bertz CT molecular complexity index is 144. The van der Waals surface area contributed by atoms with Crippen molar-refractivity contribution in [3.63, 3.8) is 0 Å². The molecule has 1 rings (SSSR count). The number of hydrogen-bond donors (Lipinski definition) is 2. The second kappa shape index (κ2) is 3.88. The van der Waals surface area contributed by atoms with Gasteiger partial charge >= 0.3 is 0 Å². The standard InChI is InChI=1S/C9H18N2/c1-7(2)6-9(11-10)8-4-3-5-8/h6,8-9,11H,3-5,10H2,1-2H3. The minimum Gasteiger partial charge on any atom is -0.271 e. The summed E-state index contributed by atoms with van der Waals surface area (Å²) in [6.45, 7) is 4.23. The van der Waals surface area contributed by atoms with Gasteiger partial charge < -0.3 is 0 Å². The van der Waals surface area contributed by atoms with Crippen molar-refractivity contribution in [1.29, 1.82) is 0 Å². The molecule has 1 unspecified atom stereocenters. The van der Waals surface area contributed by atoms with Crippen molar-refractivity contribution in [1.82, 2.24) is 5.43 Å². The number of nitrogens with two attached hydrogens (primary N) is 1. The average molecular weight is 154 g/mol. The van der Waals surface area contributed by atoms with Gasteiger partial charge in [-0.05, 0) is 32.6 Å². The molecule has 0 radical (unpaired) electrons. The van der Waals surface area contributed by atoms with Crippen molar-refractivity contribution in [3.8, 4) is 0 Å². The Kier molecular flexibility index (Phi) is 3.09. The van der Waals surface area contributed by atoms with Gasteiger partial charge in [0.05, 0.1) is 0 Å². The van der Waals surface area contributed by atoms with E-state index in [1.807, 2.05) is 0 Å². The van der Waals surface area contributed by atoms with Crippen LogP contribution in [0.5, 0.6) is 0 Å². The van der Waals surface area contributed by atoms with Crippen LogP contribution in [0, 0.1) is 5.92 Å². The summed E-state index contributed by atoms with van der Waals surface area (Å²) in [5, 5.41) is 0. The summed E-state index contributed by atoms with van der Waals surface area (Å²) in [6, 6.07) is 0.411. The van der Waals surface area contributed by atoms with Crippen LogP contribution >= 0.6 is 0 Å². The summed E-state index contributed by atoms with van der Waals surface area (Å²) < 4.78 is 0. The Balaban J connectivity index is 2.41. The van der Waals surface area contributed by atoms with Gasteiger partial charge in [-0.1, -0.05) is 18.1 Å². The summed E-state index contributed by atoms with van der Waals surface area (Å²) in [4.78, 5) is 0. The predicted molar refractivity (Wildman–Crippen MR) is 47.9 cm³/mol. The topological polar surface area (TPSA) is 38.0 Å². The number of allylic oxidation sites excluding steroid dienone is 1. The molecule has 0 heterocycles. The molecule has 0 aromatic carbocycles. The minimum absolute atomic E-state index is 0.411. The molecule has 1 atom stereocenters. The second-order valence-corrected chi connectivity index (χ2v) is 3.63. The van der Waals surface area contributed by atoms with Crippen LogP contribution in [0.4, 0.5) is 0 Å². The number of rotatable bonds is 3. The van der Waals surface area contributed by atoms with E-state index in [1.54, 1.807) is 0 Å². The van der Waals surface area contributed by atoms with Gasteiger partial charge in [0.25, 0.3) is 0 Å². The van der Waals surface area contributed by atoms with Gasteiger partial charge in [-0.3, -0.25) is 11.3 Å². The van der Waals surface area contributed by atoms with Crippen LogP contribution in [-0.2, 0) is 0 Å². The van der Waals surface area contributed by atoms with E-state index in [0.29, 0.717) is 6.04 Å². The third-order valence-corrected chi connectivity index (χ3v) is 2.36. The highest BCUT2D eigenvalue weighted by atomic mass is 15.2. The van der Waals surface area contributed by atoms with E-state index in [4.69, 9.17) is 5.84 Å². The van der Waals surface area contributed by atoms with Crippen LogP contribution in [0.1, 0.15) is 33.1 Å². The quantitative estimate of drug-likeness (QED) is 0.368. The summed E-state index contributed by atoms with van der Waals surface area (Å²) in [5.74, 6) is 6.22. The maximum Gasteiger partial charge on any atom is 0.0421 e. The van der Waals surface area contributed by atoms with E-state index < -0.39 is 0 Å². The van der Waals surface area contributed by atoms with E-state index in [0.717, 1.165) is 5.92 Å². The zero-order valence-corrected chi connectivity index (χ0v) is 7.43. The van der Waals surface area contributed by atoms with Gasteiger partial charge in [-0.25, -0.2) is 0 Å². The number of nitrogens with one attached hydrogen (secondary N) is 1. The van der Waals surface area contributed by atoms with Crippen LogP contribution in [0.3, 0.4) is 0 Å². The monoisotopic (exact) mass is 154 g/mol. The lowest BCUT2D eigenvalue weighted by atomic mass is 9.79. The summed E-state index contributed by atoms with van der Waals surface area (Å²) in [6.07, 6.45) is 6.26. The molecule has 2 heteroatoms. The molecule has 1 saturated carbocycles. The molecule has 11 heavy (non-hydrogen) atoms. The van der Waals surface area contributed by atoms with Crippen molar-refractivity contribution in [2.24, 2.45) is 11.8 Å². The third-order valence-electron chi connectivity index (χ3n) is 2.36. The fourth-order valence-corrected chi connectivity index (χ4v) is 1.48. The largest absolute Gasteiger partial charge is 0.271 e. The van der Waals surface area contributed by atoms with Gasteiger partial charge in [-0.15, -0.1) is 0 Å². The number of hydrogen-bond acceptors (Lipinski definition) is 2. The molecule has 0 aliphatic heterocycles. The Morgan fingerprint density at radius 3 is 2.45 bits per heavy atom. The molecule has 1 aliphatic rings. The number of hydrazine groups is 1. The van der Waals surface area contributed by atoms with E-state index in [-0.39, 0.29) is 0 Å². The van der Waals surface area contributed by atoms with Gasteiger partial charge in [0.1, 0.15) is 0 Å². The highest BCUT2D eigenvalue weighted by Crippen LogP contribution is 2.30. The van der Waals surface area contributed by atoms with Crippen molar-refractivity contribution < 1.29 is 0 Å². The first-order chi connectivity index (χ1) is 5.24. The van der Waals surface area contributed by atoms with Crippen molar-refractivity contribution in [2.45, 2.75) is 39.2 Å². The predicted octanol–water partition coefficient (Wildman–Crippen LogP) is 1.58. The first-order valence-electron chi connectivity index (χ1n) is 4.35. The SMILES string of the molecule is CC(C)=CC(NN)C1CCC1. The lowest BCUT2D eigenvalue weighted by Gasteiger charge is -2.31. The molecular formula is C9H18N2. The second-order valence-electron chi connectivity index (χ2n) is 3.63. The molecule has 0 bridgehead atoms. The van der Waals surface area contributed by atoms with E-state index >= 15 is 0 Å². The van der Waals surface area contributed by atoms with E-state index in [1.165, 1.54) is 24.8 Å². The summed E-state index contributed by atoms with van der Waals surface area (Å²) in [5.41, 5.74) is 4.21. The molecule has 0 aromatic rings. The smallest absolute Gasteiger partial charge is 0.0421 e. The Labute approximate surface area is 68.8 Å². The Morgan fingerprint density at radius 2 is 2.18 bits per heavy atom. The molecule has 0 spiro atoms. The normalized spacial score (nSPS) is 20.6. The molecule has 0 amide bonds. The lowest BCUT2D eigenvalue weighted by Crippen LogP contribution is -2.42. The molecule has 1 aliphatic carbocycles. The van der Waals surface area contributed by atoms with Crippen LogP contribution < -0.4 is 11.3 Å². The van der Waals surface area contributed by atoms with Gasteiger partial charge in [0, 0.05) is 6.04 Å². The Hall–Kier alpha value is -0.340. The summed E-state index contributed by atoms with van der Waals surface area (Å²) in [7, 11) is 0. The van der Waals surface area contributed by atoms with E-state index in [2.05, 4.69) is 25.3 Å². The van der Waals surface area contributed by atoms with Crippen molar-refractivity contribution >= 4 is 0 Å². The van der Waals surface area contributed by atoms with Crippen molar-refractivity contribution in [2.75, 3.05) is 0 Å². The maximum atomic E-state index is 5.44. The van der Waals surface area contributed by atoms with Crippen LogP contribution in [0.15, 0.2) is 11.6 Å². The minimum atomic E-state index is 0.411. The zero-order valence-electron chi connectivity index (χ0n) is 7.43. The van der Waals surface area contributed by atoms with Crippen molar-refractivity contribution in [3.05, 3.63) is 11.6 Å². The van der Waals surface area contributed by atoms with Crippen LogP contribution in [0.2, 0.25) is 0 Å². The molecule has 2 nitrogen and oxygen atoms in total. The molecule has 1 fully saturated rings. The zero-order chi connectivity index (χ0) is 8.27. The van der Waals surface area contributed by atoms with Crippen LogP contribution in [-0.4, -0.2) is 6.04 Å². The van der Waals surface area contributed by atoms with Gasteiger partial charge in [0.15, 0.2) is 0 Å².